The van der Waals surface area contributed by atoms with Crippen molar-refractivity contribution in [1.82, 2.24) is 15.5 Å². The fourth-order valence-electron chi connectivity index (χ4n) is 3.92. The summed E-state index contributed by atoms with van der Waals surface area (Å²) in [6, 6.07) is 3.43. The number of hydrogen-bond acceptors (Lipinski definition) is 7. The van der Waals surface area contributed by atoms with E-state index in [1.807, 2.05) is 0 Å². The highest BCUT2D eigenvalue weighted by molar-refractivity contribution is 5.95. The maximum Gasteiger partial charge on any atom is 0.338 e. The maximum absolute atomic E-state index is 12.7. The van der Waals surface area contributed by atoms with E-state index in [1.54, 1.807) is 19.1 Å². The van der Waals surface area contributed by atoms with Crippen molar-refractivity contribution in [3.63, 3.8) is 0 Å². The normalized spacial score (nSPS) is 20.1. The van der Waals surface area contributed by atoms with E-state index in [4.69, 9.17) is 15.2 Å². The van der Waals surface area contributed by atoms with Crippen molar-refractivity contribution >= 4 is 17.9 Å². The molecule has 10 nitrogen and oxygen atoms in total. The van der Waals surface area contributed by atoms with E-state index in [0.717, 1.165) is 0 Å². The number of ether oxygens (including phenoxy) is 2. The number of phenolic OH excluding ortho intramolecular Hbond substituents is 1. The van der Waals surface area contributed by atoms with Crippen LogP contribution < -0.4 is 21.1 Å². The van der Waals surface area contributed by atoms with Crippen LogP contribution in [0.15, 0.2) is 29.5 Å². The minimum absolute atomic E-state index is 0.0352. The van der Waals surface area contributed by atoms with Crippen LogP contribution in [0.25, 0.3) is 0 Å². The van der Waals surface area contributed by atoms with Gasteiger partial charge in [-0.25, -0.2) is 9.59 Å². The van der Waals surface area contributed by atoms with Gasteiger partial charge in [0.2, 0.25) is 5.91 Å². The fraction of sp³-hybridized carbons (Fsp3) is 0.476. The number of benzene rings is 1. The number of hydrogen-bond donors (Lipinski definition) is 4. The third kappa shape index (κ3) is 5.08. The topological polar surface area (TPSA) is 143 Å². The first-order valence-electron chi connectivity index (χ1n) is 10.2. The van der Waals surface area contributed by atoms with E-state index in [9.17, 15) is 19.5 Å². The summed E-state index contributed by atoms with van der Waals surface area (Å²) >= 11 is 0. The van der Waals surface area contributed by atoms with E-state index in [0.29, 0.717) is 50.3 Å². The highest BCUT2D eigenvalue weighted by Crippen LogP contribution is 2.34. The zero-order valence-electron chi connectivity index (χ0n) is 17.6. The molecule has 0 aliphatic carbocycles. The van der Waals surface area contributed by atoms with Crippen LogP contribution in [0.4, 0.5) is 4.79 Å². The van der Waals surface area contributed by atoms with E-state index in [-0.39, 0.29) is 28.9 Å². The third-order valence-electron chi connectivity index (χ3n) is 5.55. The standard InChI is InChI=1S/C21H28N4O6/c1-3-31-16-10-13(4-5-15(16)26)18-17(20(28)30-2)14(23-21(29)24-18)11-25-8-6-12(7-9-25)19(22)27/h4-5,10,12,18,26H,3,6-9,11H2,1-2H3,(H2,22,27)(H2,23,24,29)/t18-/m0/s1. The molecule has 1 fully saturated rings. The molecule has 0 saturated carbocycles. The zero-order valence-corrected chi connectivity index (χ0v) is 17.6. The number of aromatic hydroxyl groups is 1. The Morgan fingerprint density at radius 1 is 1.29 bits per heavy atom. The Hall–Kier alpha value is -3.27. The van der Waals surface area contributed by atoms with Gasteiger partial charge in [-0.2, -0.15) is 0 Å². The van der Waals surface area contributed by atoms with Gasteiger partial charge in [0.1, 0.15) is 0 Å². The molecule has 168 valence electrons. The van der Waals surface area contributed by atoms with Crippen LogP contribution in [-0.4, -0.2) is 61.3 Å². The average molecular weight is 432 g/mol. The van der Waals surface area contributed by atoms with Crippen molar-refractivity contribution in [2.45, 2.75) is 25.8 Å². The van der Waals surface area contributed by atoms with Gasteiger partial charge >= 0.3 is 12.0 Å². The number of urea groups is 1. The molecule has 1 atom stereocenters. The minimum Gasteiger partial charge on any atom is -0.504 e. The third-order valence-corrected chi connectivity index (χ3v) is 5.55. The number of carbonyl (C=O) groups is 3. The number of likely N-dealkylation sites (tertiary alicyclic amines) is 1. The Balaban J connectivity index is 1.92. The number of phenols is 1. The highest BCUT2D eigenvalue weighted by atomic mass is 16.5. The van der Waals surface area contributed by atoms with Crippen molar-refractivity contribution in [1.29, 1.82) is 0 Å². The lowest BCUT2D eigenvalue weighted by atomic mass is 9.93. The molecule has 1 saturated heterocycles. The van der Waals surface area contributed by atoms with Gasteiger partial charge in [-0.3, -0.25) is 9.69 Å². The predicted octanol–water partition coefficient (Wildman–Crippen LogP) is 0.769. The fourth-order valence-corrected chi connectivity index (χ4v) is 3.92. The molecule has 1 aromatic carbocycles. The quantitative estimate of drug-likeness (QED) is 0.466. The van der Waals surface area contributed by atoms with Crippen LogP contribution in [-0.2, 0) is 14.3 Å². The predicted molar refractivity (Wildman–Crippen MR) is 111 cm³/mol. The molecule has 2 aliphatic heterocycles. The summed E-state index contributed by atoms with van der Waals surface area (Å²) in [6.07, 6.45) is 1.25. The number of piperidine rings is 1. The van der Waals surface area contributed by atoms with Gasteiger partial charge < -0.3 is 30.9 Å². The molecular formula is C21H28N4O6. The lowest BCUT2D eigenvalue weighted by molar-refractivity contribution is -0.136. The number of primary amides is 1. The first-order chi connectivity index (χ1) is 14.8. The average Bonchev–Trinajstić information content (AvgIpc) is 2.75. The van der Waals surface area contributed by atoms with Gasteiger partial charge in [-0.15, -0.1) is 0 Å². The molecule has 1 aromatic rings. The molecule has 3 rings (SSSR count). The molecule has 10 heteroatoms. The van der Waals surface area contributed by atoms with E-state index in [2.05, 4.69) is 15.5 Å². The summed E-state index contributed by atoms with van der Waals surface area (Å²) in [5.74, 6) is -0.818. The van der Waals surface area contributed by atoms with Gasteiger partial charge in [-0.05, 0) is 50.6 Å². The van der Waals surface area contributed by atoms with Crippen LogP contribution in [0.3, 0.4) is 0 Å². The number of rotatable bonds is 7. The Bertz CT molecular complexity index is 892. The van der Waals surface area contributed by atoms with Crippen molar-refractivity contribution in [3.8, 4) is 11.5 Å². The summed E-state index contributed by atoms with van der Waals surface area (Å²) in [6.45, 7) is 3.69. The van der Waals surface area contributed by atoms with Crippen molar-refractivity contribution in [3.05, 3.63) is 35.0 Å². The Labute approximate surface area is 180 Å². The minimum atomic E-state index is -0.779. The summed E-state index contributed by atoms with van der Waals surface area (Å²) in [7, 11) is 1.28. The molecule has 0 radical (unpaired) electrons. The highest BCUT2D eigenvalue weighted by Gasteiger charge is 2.35. The molecule has 0 aromatic heterocycles. The van der Waals surface area contributed by atoms with Crippen LogP contribution in [0.1, 0.15) is 31.4 Å². The van der Waals surface area contributed by atoms with Gasteiger partial charge in [0.25, 0.3) is 0 Å². The Kier molecular flexibility index (Phi) is 7.01. The summed E-state index contributed by atoms with van der Waals surface area (Å²) in [5.41, 5.74) is 6.68. The maximum atomic E-state index is 12.7. The monoisotopic (exact) mass is 432 g/mol. The van der Waals surface area contributed by atoms with Gasteiger partial charge in [-0.1, -0.05) is 6.07 Å². The number of nitrogens with zero attached hydrogens (tertiary/aromatic N) is 1. The summed E-state index contributed by atoms with van der Waals surface area (Å²) < 4.78 is 10.4. The molecule has 0 spiro atoms. The molecule has 31 heavy (non-hydrogen) atoms. The van der Waals surface area contributed by atoms with Gasteiger partial charge in [0.05, 0.1) is 25.3 Å². The van der Waals surface area contributed by atoms with Crippen LogP contribution in [0, 0.1) is 5.92 Å². The molecule has 0 bridgehead atoms. The van der Waals surface area contributed by atoms with E-state index >= 15 is 0 Å². The Morgan fingerprint density at radius 3 is 2.61 bits per heavy atom. The second-order valence-electron chi connectivity index (χ2n) is 7.53. The number of carbonyl (C=O) groups excluding carboxylic acids is 3. The van der Waals surface area contributed by atoms with Crippen LogP contribution >= 0.6 is 0 Å². The second kappa shape index (κ2) is 9.69. The van der Waals surface area contributed by atoms with Gasteiger partial charge in [0, 0.05) is 18.2 Å². The molecule has 3 amide bonds. The van der Waals surface area contributed by atoms with Crippen LogP contribution in [0.5, 0.6) is 11.5 Å². The molecule has 2 aliphatic rings. The van der Waals surface area contributed by atoms with E-state index in [1.165, 1.54) is 13.2 Å². The number of amides is 3. The Morgan fingerprint density at radius 2 is 2.00 bits per heavy atom. The largest absolute Gasteiger partial charge is 0.504 e. The summed E-state index contributed by atoms with van der Waals surface area (Å²) in [4.78, 5) is 38.6. The number of methoxy groups -OCH3 is 1. The molecule has 2 heterocycles. The number of nitrogens with one attached hydrogen (secondary N) is 2. The second-order valence-corrected chi connectivity index (χ2v) is 7.53. The summed E-state index contributed by atoms with van der Waals surface area (Å²) in [5, 5.41) is 15.5. The van der Waals surface area contributed by atoms with Crippen molar-refractivity contribution in [2.75, 3.05) is 33.4 Å². The van der Waals surface area contributed by atoms with E-state index < -0.39 is 18.0 Å². The number of nitrogens with two attached hydrogens (primary N) is 1. The lowest BCUT2D eigenvalue weighted by Crippen LogP contribution is -2.49. The van der Waals surface area contributed by atoms with Crippen molar-refractivity contribution in [2.24, 2.45) is 11.7 Å². The van der Waals surface area contributed by atoms with Crippen molar-refractivity contribution < 1.29 is 29.0 Å². The molecule has 0 unspecified atom stereocenters. The smallest absolute Gasteiger partial charge is 0.338 e. The van der Waals surface area contributed by atoms with Crippen LogP contribution in [0.2, 0.25) is 0 Å². The lowest BCUT2D eigenvalue weighted by Gasteiger charge is -2.34. The first-order valence-corrected chi connectivity index (χ1v) is 10.2. The number of esters is 1. The molecular weight excluding hydrogens is 404 g/mol. The first kappa shape index (κ1) is 22.4. The SMILES string of the molecule is CCOc1cc([C@@H]2NC(=O)NC(CN3CCC(C(N)=O)CC3)=C2C(=O)OC)ccc1O. The van der Waals surface area contributed by atoms with Gasteiger partial charge in [0.15, 0.2) is 11.5 Å². The molecule has 5 N–H and O–H groups in total. The zero-order chi connectivity index (χ0) is 22.5.